The summed E-state index contributed by atoms with van der Waals surface area (Å²) in [5.41, 5.74) is 2.37. The lowest BCUT2D eigenvalue weighted by molar-refractivity contribution is -0.119. The van der Waals surface area contributed by atoms with E-state index in [0.717, 1.165) is 17.4 Å². The second-order valence-electron chi connectivity index (χ2n) is 5.86. The molecule has 0 aliphatic heterocycles. The molecule has 1 aromatic rings. The highest BCUT2D eigenvalue weighted by Gasteiger charge is 2.24. The molecule has 0 aliphatic carbocycles. The highest BCUT2D eigenvalue weighted by atomic mass is 32.2. The first-order valence-electron chi connectivity index (χ1n) is 7.64. The van der Waals surface area contributed by atoms with Crippen molar-refractivity contribution >= 4 is 21.6 Å². The second-order valence-corrected chi connectivity index (χ2v) is 7.77. The molecule has 1 N–H and O–H groups in total. The highest BCUT2D eigenvalue weighted by Crippen LogP contribution is 2.27. The number of likely N-dealkylation sites (N-methyl/N-ethyl adjacent to an activating group) is 1. The summed E-state index contributed by atoms with van der Waals surface area (Å²) in [6.45, 7) is 4.81. The molecule has 0 bridgehead atoms. The molecule has 1 aromatic carbocycles. The van der Waals surface area contributed by atoms with Gasteiger partial charge in [-0.1, -0.05) is 25.1 Å². The van der Waals surface area contributed by atoms with Crippen molar-refractivity contribution in [2.45, 2.75) is 20.3 Å². The number of hydrogen-bond acceptors (Lipinski definition) is 4. The van der Waals surface area contributed by atoms with Crippen molar-refractivity contribution in [2.75, 3.05) is 44.3 Å². The molecule has 130 valence electrons. The zero-order chi connectivity index (χ0) is 17.6. The van der Waals surface area contributed by atoms with Crippen molar-refractivity contribution < 1.29 is 13.2 Å². The van der Waals surface area contributed by atoms with Gasteiger partial charge in [-0.3, -0.25) is 9.10 Å². The first kappa shape index (κ1) is 19.4. The van der Waals surface area contributed by atoms with Crippen LogP contribution in [0, 0.1) is 6.92 Å². The maximum Gasteiger partial charge on any atom is 0.240 e. The van der Waals surface area contributed by atoms with Crippen LogP contribution in [-0.4, -0.2) is 59.2 Å². The van der Waals surface area contributed by atoms with Crippen LogP contribution in [0.3, 0.4) is 0 Å². The Bertz CT molecular complexity index is 642. The third-order valence-electron chi connectivity index (χ3n) is 3.52. The highest BCUT2D eigenvalue weighted by molar-refractivity contribution is 7.92. The summed E-state index contributed by atoms with van der Waals surface area (Å²) >= 11 is 0. The van der Waals surface area contributed by atoms with E-state index in [1.165, 1.54) is 4.31 Å². The molecule has 0 radical (unpaired) electrons. The van der Waals surface area contributed by atoms with Crippen molar-refractivity contribution in [1.82, 2.24) is 10.2 Å². The minimum absolute atomic E-state index is 0.204. The van der Waals surface area contributed by atoms with E-state index in [1.54, 1.807) is 0 Å². The number of nitrogens with zero attached hydrogens (tertiary/aromatic N) is 2. The maximum atomic E-state index is 12.2. The van der Waals surface area contributed by atoms with Crippen LogP contribution in [0.4, 0.5) is 5.69 Å². The fourth-order valence-electron chi connectivity index (χ4n) is 2.33. The lowest BCUT2D eigenvalue weighted by atomic mass is 10.1. The second kappa shape index (κ2) is 8.31. The molecule has 0 aromatic heterocycles. The number of anilines is 1. The van der Waals surface area contributed by atoms with Crippen LogP contribution in [0.25, 0.3) is 0 Å². The predicted octanol–water partition coefficient (Wildman–Crippen LogP) is 1.00. The molecule has 7 heteroatoms. The van der Waals surface area contributed by atoms with E-state index >= 15 is 0 Å². The van der Waals surface area contributed by atoms with Gasteiger partial charge in [-0.25, -0.2) is 8.42 Å². The molecule has 23 heavy (non-hydrogen) atoms. The first-order valence-corrected chi connectivity index (χ1v) is 9.49. The van der Waals surface area contributed by atoms with Crippen LogP contribution < -0.4 is 9.62 Å². The fraction of sp³-hybridized carbons (Fsp3) is 0.562. The summed E-state index contributed by atoms with van der Waals surface area (Å²) in [6, 6.07) is 5.65. The van der Waals surface area contributed by atoms with Crippen LogP contribution in [0.1, 0.15) is 18.1 Å². The van der Waals surface area contributed by atoms with Gasteiger partial charge in [0.05, 0.1) is 11.9 Å². The van der Waals surface area contributed by atoms with E-state index in [9.17, 15) is 13.2 Å². The summed E-state index contributed by atoms with van der Waals surface area (Å²) < 4.78 is 25.6. The third-order valence-corrected chi connectivity index (χ3v) is 4.63. The third kappa shape index (κ3) is 5.84. The Morgan fingerprint density at radius 1 is 1.26 bits per heavy atom. The average Bonchev–Trinajstić information content (AvgIpc) is 2.43. The Labute approximate surface area is 139 Å². The van der Waals surface area contributed by atoms with Gasteiger partial charge in [0.2, 0.25) is 15.9 Å². The van der Waals surface area contributed by atoms with Gasteiger partial charge in [-0.15, -0.1) is 0 Å². The van der Waals surface area contributed by atoms with E-state index in [2.05, 4.69) is 5.32 Å². The van der Waals surface area contributed by atoms with E-state index in [-0.39, 0.29) is 12.5 Å². The number of rotatable bonds is 8. The largest absolute Gasteiger partial charge is 0.353 e. The van der Waals surface area contributed by atoms with Gasteiger partial charge >= 0.3 is 0 Å². The topological polar surface area (TPSA) is 69.7 Å². The minimum atomic E-state index is -3.55. The van der Waals surface area contributed by atoms with Crippen molar-refractivity contribution in [3.63, 3.8) is 0 Å². The molecule has 1 amide bonds. The zero-order valence-electron chi connectivity index (χ0n) is 14.6. The van der Waals surface area contributed by atoms with Crippen molar-refractivity contribution in [1.29, 1.82) is 0 Å². The number of hydrogen-bond donors (Lipinski definition) is 1. The van der Waals surface area contributed by atoms with Crippen molar-refractivity contribution in [3.05, 3.63) is 29.3 Å². The monoisotopic (exact) mass is 341 g/mol. The Kier molecular flexibility index (Phi) is 7.02. The number of sulfonamides is 1. The minimum Gasteiger partial charge on any atom is -0.353 e. The number of para-hydroxylation sites is 1. The fourth-order valence-corrected chi connectivity index (χ4v) is 3.27. The molecule has 0 fully saturated rings. The molecule has 0 atom stereocenters. The number of amides is 1. The van der Waals surface area contributed by atoms with Crippen LogP contribution in [-0.2, 0) is 21.2 Å². The smallest absolute Gasteiger partial charge is 0.240 e. The quantitative estimate of drug-likeness (QED) is 0.766. The van der Waals surface area contributed by atoms with Crippen molar-refractivity contribution in [3.8, 4) is 0 Å². The molecular weight excluding hydrogens is 314 g/mol. The Morgan fingerprint density at radius 2 is 1.91 bits per heavy atom. The lowest BCUT2D eigenvalue weighted by Crippen LogP contribution is -2.42. The van der Waals surface area contributed by atoms with Crippen LogP contribution in [0.15, 0.2) is 18.2 Å². The average molecular weight is 341 g/mol. The molecule has 0 aliphatic rings. The molecule has 0 saturated carbocycles. The van der Waals surface area contributed by atoms with E-state index in [4.69, 9.17) is 0 Å². The summed E-state index contributed by atoms with van der Waals surface area (Å²) in [5.74, 6) is -0.303. The summed E-state index contributed by atoms with van der Waals surface area (Å²) in [7, 11) is 0.278. The summed E-state index contributed by atoms with van der Waals surface area (Å²) in [5, 5.41) is 2.76. The predicted molar refractivity (Wildman–Crippen MR) is 94.3 cm³/mol. The van der Waals surface area contributed by atoms with E-state index in [0.29, 0.717) is 25.2 Å². The number of aryl methyl sites for hydroxylation is 2. The van der Waals surface area contributed by atoms with Crippen molar-refractivity contribution in [2.24, 2.45) is 0 Å². The Morgan fingerprint density at radius 3 is 2.43 bits per heavy atom. The van der Waals surface area contributed by atoms with Gasteiger partial charge in [0.25, 0.3) is 0 Å². The Hall–Kier alpha value is -1.60. The van der Waals surface area contributed by atoms with Gasteiger partial charge in [-0.2, -0.15) is 0 Å². The van der Waals surface area contributed by atoms with E-state index in [1.807, 2.05) is 51.0 Å². The van der Waals surface area contributed by atoms with Gasteiger partial charge in [0, 0.05) is 13.1 Å². The molecule has 0 heterocycles. The van der Waals surface area contributed by atoms with Gasteiger partial charge < -0.3 is 10.2 Å². The molecule has 0 spiro atoms. The molecule has 1 rings (SSSR count). The summed E-state index contributed by atoms with van der Waals surface area (Å²) in [6.07, 6.45) is 1.83. The van der Waals surface area contributed by atoms with Gasteiger partial charge in [0.15, 0.2) is 0 Å². The van der Waals surface area contributed by atoms with E-state index < -0.39 is 10.0 Å². The normalized spacial score (nSPS) is 11.6. The SMILES string of the molecule is CCc1cccc(C)c1N(CC(=O)NCCN(C)C)S(C)(=O)=O. The van der Waals surface area contributed by atoms with Gasteiger partial charge in [0.1, 0.15) is 6.54 Å². The van der Waals surface area contributed by atoms with Gasteiger partial charge in [-0.05, 0) is 38.6 Å². The molecule has 6 nitrogen and oxygen atoms in total. The Balaban J connectivity index is 3.02. The molecule has 0 unspecified atom stereocenters. The number of carbonyl (C=O) groups is 1. The molecule has 0 saturated heterocycles. The number of benzene rings is 1. The number of carbonyl (C=O) groups excluding carboxylic acids is 1. The first-order chi connectivity index (χ1) is 10.7. The molecular formula is C16H27N3O3S. The summed E-state index contributed by atoms with van der Waals surface area (Å²) in [4.78, 5) is 14.1. The van der Waals surface area contributed by atoms with Crippen LogP contribution >= 0.6 is 0 Å². The van der Waals surface area contributed by atoms with Crippen LogP contribution in [0.5, 0.6) is 0 Å². The van der Waals surface area contributed by atoms with Crippen LogP contribution in [0.2, 0.25) is 0 Å². The standard InChI is InChI=1S/C16H27N3O3S/c1-6-14-9-7-8-13(2)16(14)19(23(5,21)22)12-15(20)17-10-11-18(3)4/h7-9H,6,10-12H2,1-5H3,(H,17,20). The lowest BCUT2D eigenvalue weighted by Gasteiger charge is -2.26. The number of nitrogens with one attached hydrogen (secondary N) is 1. The maximum absolute atomic E-state index is 12.2. The zero-order valence-corrected chi connectivity index (χ0v) is 15.4.